The molecule has 1 aliphatic rings. The number of pyridine rings is 2. The van der Waals surface area contributed by atoms with E-state index < -0.39 is 23.8 Å². The molecular weight excluding hydrogens is 564 g/mol. The minimum Gasteiger partial charge on any atom is -0.486 e. The molecule has 5 rings (SSSR count). The molecule has 12 nitrogen and oxygen atoms in total. The van der Waals surface area contributed by atoms with Crippen molar-refractivity contribution in [2.75, 3.05) is 11.9 Å². The van der Waals surface area contributed by atoms with E-state index in [0.717, 1.165) is 22.5 Å². The monoisotopic (exact) mass is 600 g/mol. The van der Waals surface area contributed by atoms with Crippen molar-refractivity contribution in [3.8, 4) is 5.75 Å². The number of benzene rings is 1. The number of amides is 2. The van der Waals surface area contributed by atoms with E-state index in [1.807, 2.05) is 31.2 Å². The van der Waals surface area contributed by atoms with E-state index in [9.17, 15) is 14.7 Å². The van der Waals surface area contributed by atoms with Gasteiger partial charge in [-0.1, -0.05) is 6.07 Å². The number of aromatic nitrogens is 3. The van der Waals surface area contributed by atoms with Gasteiger partial charge in [0.15, 0.2) is 12.2 Å². The lowest BCUT2D eigenvalue weighted by Crippen LogP contribution is -2.54. The van der Waals surface area contributed by atoms with Gasteiger partial charge in [0.2, 0.25) is 0 Å². The van der Waals surface area contributed by atoms with Crippen molar-refractivity contribution < 1.29 is 28.6 Å². The zero-order valence-electron chi connectivity index (χ0n) is 25.1. The molecule has 0 spiro atoms. The predicted molar refractivity (Wildman–Crippen MR) is 161 cm³/mol. The SMILES string of the molecule is Cc1ncoc1COc1ccc2c(c1)CN(C(=O)OC(C)(C)C)[C@H]([C@H](O)CNC(=O)c1ccnc(Nc3cccnc3)c1)C2. The van der Waals surface area contributed by atoms with Gasteiger partial charge in [0.1, 0.15) is 23.8 Å². The Balaban J connectivity index is 1.27. The first kappa shape index (κ1) is 30.5. The van der Waals surface area contributed by atoms with Crippen LogP contribution in [0.15, 0.2) is 71.9 Å². The largest absolute Gasteiger partial charge is 0.486 e. The third-order valence-corrected chi connectivity index (χ3v) is 7.06. The molecule has 0 aliphatic carbocycles. The van der Waals surface area contributed by atoms with Crippen LogP contribution < -0.4 is 15.4 Å². The Morgan fingerprint density at radius 1 is 1.14 bits per heavy atom. The number of carbonyl (C=O) groups is 2. The quantitative estimate of drug-likeness (QED) is 0.250. The van der Waals surface area contributed by atoms with Gasteiger partial charge >= 0.3 is 6.09 Å². The molecule has 4 aromatic rings. The highest BCUT2D eigenvalue weighted by molar-refractivity contribution is 5.94. The number of oxazole rings is 1. The fourth-order valence-corrected chi connectivity index (χ4v) is 4.81. The van der Waals surface area contributed by atoms with Gasteiger partial charge in [0.05, 0.1) is 29.7 Å². The van der Waals surface area contributed by atoms with Crippen LogP contribution >= 0.6 is 0 Å². The fourth-order valence-electron chi connectivity index (χ4n) is 4.81. The molecule has 1 aliphatic heterocycles. The number of anilines is 2. The van der Waals surface area contributed by atoms with Gasteiger partial charge in [-0.15, -0.1) is 0 Å². The van der Waals surface area contributed by atoms with E-state index >= 15 is 0 Å². The summed E-state index contributed by atoms with van der Waals surface area (Å²) in [6.45, 7) is 7.56. The molecule has 2 amide bonds. The van der Waals surface area contributed by atoms with E-state index in [1.165, 1.54) is 17.5 Å². The summed E-state index contributed by atoms with van der Waals surface area (Å²) in [6, 6.07) is 11.8. The van der Waals surface area contributed by atoms with Crippen LogP contribution in [-0.4, -0.2) is 61.3 Å². The molecule has 0 bridgehead atoms. The highest BCUT2D eigenvalue weighted by Crippen LogP contribution is 2.30. The third kappa shape index (κ3) is 7.70. The van der Waals surface area contributed by atoms with Crippen LogP contribution in [0.3, 0.4) is 0 Å². The van der Waals surface area contributed by atoms with Crippen LogP contribution in [0.4, 0.5) is 16.3 Å². The van der Waals surface area contributed by atoms with Gasteiger partial charge in [0.25, 0.3) is 5.91 Å². The number of rotatable bonds is 9. The smallest absolute Gasteiger partial charge is 0.410 e. The molecule has 0 fully saturated rings. The standard InChI is InChI=1S/C32H36N6O6/c1-20-28(43-19-36-20)18-42-25-8-7-21-13-26(38(17-23(21)12-25)31(41)44-32(2,3)4)27(39)16-35-30(40)22-9-11-34-29(14-22)37-24-6-5-10-33-15-24/h5-12,14-15,19,26-27,39H,13,16-18H2,1-4H3,(H,34,37)(H,35,40)/t26-,27+/m0/s1. The Morgan fingerprint density at radius 3 is 2.70 bits per heavy atom. The maximum absolute atomic E-state index is 13.3. The molecule has 12 heteroatoms. The van der Waals surface area contributed by atoms with Crippen LogP contribution in [0.1, 0.15) is 53.7 Å². The van der Waals surface area contributed by atoms with Crippen molar-refractivity contribution in [3.63, 3.8) is 0 Å². The van der Waals surface area contributed by atoms with Crippen molar-refractivity contribution >= 4 is 23.5 Å². The van der Waals surface area contributed by atoms with E-state index in [2.05, 4.69) is 25.6 Å². The molecule has 0 radical (unpaired) electrons. The fraction of sp³-hybridized carbons (Fsp3) is 0.344. The molecule has 0 unspecified atom stereocenters. The summed E-state index contributed by atoms with van der Waals surface area (Å²) < 4.78 is 17.0. The van der Waals surface area contributed by atoms with E-state index in [-0.39, 0.29) is 25.6 Å². The number of aliphatic hydroxyl groups excluding tert-OH is 1. The number of ether oxygens (including phenoxy) is 2. The molecule has 230 valence electrons. The summed E-state index contributed by atoms with van der Waals surface area (Å²) in [5.41, 5.74) is 2.96. The van der Waals surface area contributed by atoms with E-state index in [4.69, 9.17) is 13.9 Å². The lowest BCUT2D eigenvalue weighted by molar-refractivity contribution is -0.0113. The summed E-state index contributed by atoms with van der Waals surface area (Å²) in [5.74, 6) is 1.34. The Hall–Kier alpha value is -4.97. The predicted octanol–water partition coefficient (Wildman–Crippen LogP) is 4.55. The average Bonchev–Trinajstić information content (AvgIpc) is 3.42. The Bertz CT molecular complexity index is 1600. The second kappa shape index (κ2) is 13.1. The van der Waals surface area contributed by atoms with Gasteiger partial charge < -0.3 is 29.6 Å². The summed E-state index contributed by atoms with van der Waals surface area (Å²) in [4.78, 5) is 40.3. The Labute approximate surface area is 255 Å². The summed E-state index contributed by atoms with van der Waals surface area (Å²) in [7, 11) is 0. The topological polar surface area (TPSA) is 152 Å². The number of nitrogens with zero attached hydrogens (tertiary/aromatic N) is 4. The highest BCUT2D eigenvalue weighted by atomic mass is 16.6. The summed E-state index contributed by atoms with van der Waals surface area (Å²) in [6.07, 6.45) is 4.96. The molecule has 0 saturated carbocycles. The van der Waals surface area contributed by atoms with Gasteiger partial charge in [0, 0.05) is 31.0 Å². The molecule has 44 heavy (non-hydrogen) atoms. The molecule has 0 saturated heterocycles. The first-order chi connectivity index (χ1) is 21.1. The minimum absolute atomic E-state index is 0.0798. The van der Waals surface area contributed by atoms with E-state index in [1.54, 1.807) is 51.4 Å². The zero-order chi connectivity index (χ0) is 31.3. The van der Waals surface area contributed by atoms with Crippen LogP contribution in [0.2, 0.25) is 0 Å². The van der Waals surface area contributed by atoms with Crippen molar-refractivity contribution in [2.45, 2.75) is 65.0 Å². The Kier molecular flexibility index (Phi) is 9.09. The van der Waals surface area contributed by atoms with Crippen molar-refractivity contribution in [1.29, 1.82) is 0 Å². The maximum Gasteiger partial charge on any atom is 0.410 e. The van der Waals surface area contributed by atoms with Crippen molar-refractivity contribution in [3.05, 3.63) is 95.6 Å². The second-order valence-electron chi connectivity index (χ2n) is 11.5. The number of fused-ring (bicyclic) bond motifs is 1. The van der Waals surface area contributed by atoms with Gasteiger partial charge in [-0.2, -0.15) is 0 Å². The molecule has 1 aromatic carbocycles. The molecule has 3 aromatic heterocycles. The van der Waals surface area contributed by atoms with Gasteiger partial charge in [-0.25, -0.2) is 14.8 Å². The normalized spacial score (nSPS) is 15.2. The number of hydrogen-bond donors (Lipinski definition) is 3. The third-order valence-electron chi connectivity index (χ3n) is 7.06. The first-order valence-electron chi connectivity index (χ1n) is 14.3. The number of aryl methyl sites for hydroxylation is 1. The zero-order valence-corrected chi connectivity index (χ0v) is 25.1. The molecule has 4 heterocycles. The Morgan fingerprint density at radius 2 is 1.98 bits per heavy atom. The number of aliphatic hydroxyl groups is 1. The van der Waals surface area contributed by atoms with Crippen LogP contribution in [0.5, 0.6) is 5.75 Å². The number of nitrogens with one attached hydrogen (secondary N) is 2. The summed E-state index contributed by atoms with van der Waals surface area (Å²) in [5, 5.41) is 17.2. The van der Waals surface area contributed by atoms with Gasteiger partial charge in [-0.05, 0) is 81.6 Å². The number of hydrogen-bond acceptors (Lipinski definition) is 10. The van der Waals surface area contributed by atoms with Crippen LogP contribution in [-0.2, 0) is 24.3 Å². The molecule has 2 atom stereocenters. The second-order valence-corrected chi connectivity index (χ2v) is 11.5. The average molecular weight is 601 g/mol. The summed E-state index contributed by atoms with van der Waals surface area (Å²) >= 11 is 0. The lowest BCUT2D eigenvalue weighted by Gasteiger charge is -2.40. The van der Waals surface area contributed by atoms with Crippen molar-refractivity contribution in [1.82, 2.24) is 25.2 Å². The highest BCUT2D eigenvalue weighted by Gasteiger charge is 2.37. The molecular formula is C32H36N6O6. The minimum atomic E-state index is -1.07. The first-order valence-corrected chi connectivity index (χ1v) is 14.3. The maximum atomic E-state index is 13.3. The van der Waals surface area contributed by atoms with E-state index in [0.29, 0.717) is 29.3 Å². The number of carbonyl (C=O) groups excluding carboxylic acids is 2. The lowest BCUT2D eigenvalue weighted by atomic mass is 9.91. The molecule has 3 N–H and O–H groups in total. The van der Waals surface area contributed by atoms with Crippen LogP contribution in [0.25, 0.3) is 0 Å². The van der Waals surface area contributed by atoms with Crippen molar-refractivity contribution in [2.24, 2.45) is 0 Å². The van der Waals surface area contributed by atoms with Gasteiger partial charge in [-0.3, -0.25) is 14.7 Å². The van der Waals surface area contributed by atoms with Crippen LogP contribution in [0, 0.1) is 6.92 Å².